The Bertz CT molecular complexity index is 768. The van der Waals surface area contributed by atoms with Crippen molar-refractivity contribution in [3.05, 3.63) is 59.2 Å². The third-order valence-electron chi connectivity index (χ3n) is 5.07. The second kappa shape index (κ2) is 8.73. The highest BCUT2D eigenvalue weighted by molar-refractivity contribution is 5.51. The molecular formula is C22H26N2O2. The van der Waals surface area contributed by atoms with E-state index in [1.54, 1.807) is 14.2 Å². The highest BCUT2D eigenvalue weighted by Crippen LogP contribution is 2.40. The quantitative estimate of drug-likeness (QED) is 0.697. The molecule has 0 spiro atoms. The lowest BCUT2D eigenvalue weighted by atomic mass is 9.87. The molecule has 2 aromatic rings. The second-order valence-corrected chi connectivity index (χ2v) is 6.62. The molecular weight excluding hydrogens is 324 g/mol. The zero-order valence-electron chi connectivity index (χ0n) is 15.6. The first-order valence-electron chi connectivity index (χ1n) is 9.19. The van der Waals surface area contributed by atoms with Gasteiger partial charge in [0.15, 0.2) is 11.5 Å². The third kappa shape index (κ3) is 3.84. The van der Waals surface area contributed by atoms with Gasteiger partial charge in [0, 0.05) is 13.0 Å². The molecule has 1 unspecified atom stereocenters. The maximum Gasteiger partial charge on any atom is 0.161 e. The number of nitrogens with zero attached hydrogens (tertiary/aromatic N) is 2. The van der Waals surface area contributed by atoms with Crippen molar-refractivity contribution in [3.63, 3.8) is 0 Å². The third-order valence-corrected chi connectivity index (χ3v) is 5.07. The van der Waals surface area contributed by atoms with E-state index in [-0.39, 0.29) is 6.04 Å². The predicted octanol–water partition coefficient (Wildman–Crippen LogP) is 4.35. The van der Waals surface area contributed by atoms with Crippen LogP contribution in [0.25, 0.3) is 0 Å². The van der Waals surface area contributed by atoms with Crippen molar-refractivity contribution in [2.45, 2.75) is 31.7 Å². The van der Waals surface area contributed by atoms with Crippen LogP contribution >= 0.6 is 0 Å². The van der Waals surface area contributed by atoms with Crippen molar-refractivity contribution < 1.29 is 9.47 Å². The highest BCUT2D eigenvalue weighted by Gasteiger charge is 2.29. The van der Waals surface area contributed by atoms with E-state index in [0.717, 1.165) is 43.9 Å². The molecule has 4 heteroatoms. The lowest BCUT2D eigenvalue weighted by Crippen LogP contribution is -2.36. The topological polar surface area (TPSA) is 45.5 Å². The van der Waals surface area contributed by atoms with E-state index in [1.807, 2.05) is 0 Å². The van der Waals surface area contributed by atoms with E-state index in [4.69, 9.17) is 14.7 Å². The van der Waals surface area contributed by atoms with Crippen LogP contribution in [0.2, 0.25) is 0 Å². The second-order valence-electron chi connectivity index (χ2n) is 6.62. The molecule has 0 amide bonds. The summed E-state index contributed by atoms with van der Waals surface area (Å²) < 4.78 is 11.0. The Balaban J connectivity index is 1.96. The lowest BCUT2D eigenvalue weighted by Gasteiger charge is -2.38. The molecule has 0 aliphatic carbocycles. The normalized spacial score (nSPS) is 16.6. The molecule has 3 rings (SSSR count). The van der Waals surface area contributed by atoms with Crippen molar-refractivity contribution in [2.24, 2.45) is 0 Å². The van der Waals surface area contributed by atoms with Gasteiger partial charge in [0.25, 0.3) is 0 Å². The first kappa shape index (κ1) is 18.3. The minimum Gasteiger partial charge on any atom is -0.493 e. The van der Waals surface area contributed by atoms with Gasteiger partial charge >= 0.3 is 0 Å². The van der Waals surface area contributed by atoms with Crippen molar-refractivity contribution in [1.82, 2.24) is 4.90 Å². The molecule has 1 aliphatic heterocycles. The molecule has 0 aromatic heterocycles. The van der Waals surface area contributed by atoms with Gasteiger partial charge in [-0.15, -0.1) is 0 Å². The molecule has 0 bridgehead atoms. The van der Waals surface area contributed by atoms with E-state index in [0.29, 0.717) is 6.42 Å². The summed E-state index contributed by atoms with van der Waals surface area (Å²) in [6, 6.07) is 17.3. The molecule has 1 atom stereocenters. The fourth-order valence-corrected chi connectivity index (χ4v) is 3.78. The van der Waals surface area contributed by atoms with Crippen LogP contribution in [-0.4, -0.2) is 32.2 Å². The van der Waals surface area contributed by atoms with Crippen molar-refractivity contribution in [2.75, 3.05) is 27.3 Å². The first-order chi connectivity index (χ1) is 12.8. The molecule has 0 N–H and O–H groups in total. The first-order valence-corrected chi connectivity index (χ1v) is 9.19. The largest absolute Gasteiger partial charge is 0.493 e. The number of benzene rings is 2. The molecule has 0 fully saturated rings. The van der Waals surface area contributed by atoms with E-state index in [2.05, 4.69) is 53.4 Å². The zero-order valence-corrected chi connectivity index (χ0v) is 15.6. The van der Waals surface area contributed by atoms with Gasteiger partial charge in [-0.3, -0.25) is 4.90 Å². The van der Waals surface area contributed by atoms with Crippen LogP contribution in [-0.2, 0) is 6.42 Å². The average molecular weight is 350 g/mol. The SMILES string of the molecule is COc1cc2c(cc1OC)C(c1ccccc1)N(CCCCC#N)CC2. The lowest BCUT2D eigenvalue weighted by molar-refractivity contribution is 0.208. The Morgan fingerprint density at radius 1 is 1.08 bits per heavy atom. The fraction of sp³-hybridized carbons (Fsp3) is 0.409. The summed E-state index contributed by atoms with van der Waals surface area (Å²) in [6.07, 6.45) is 3.62. The summed E-state index contributed by atoms with van der Waals surface area (Å²) in [6.45, 7) is 2.00. The van der Waals surface area contributed by atoms with E-state index in [1.165, 1.54) is 16.7 Å². The van der Waals surface area contributed by atoms with E-state index >= 15 is 0 Å². The van der Waals surface area contributed by atoms with Gasteiger partial charge in [-0.05, 0) is 54.6 Å². The number of ether oxygens (including phenoxy) is 2. The van der Waals surface area contributed by atoms with Crippen LogP contribution < -0.4 is 9.47 Å². The minimum absolute atomic E-state index is 0.210. The van der Waals surface area contributed by atoms with Crippen LogP contribution in [0.3, 0.4) is 0 Å². The molecule has 136 valence electrons. The monoisotopic (exact) mass is 350 g/mol. The van der Waals surface area contributed by atoms with Crippen LogP contribution in [0.4, 0.5) is 0 Å². The number of fused-ring (bicyclic) bond motifs is 1. The molecule has 26 heavy (non-hydrogen) atoms. The number of unbranched alkanes of at least 4 members (excludes halogenated alkanes) is 2. The summed E-state index contributed by atoms with van der Waals surface area (Å²) in [5.41, 5.74) is 3.91. The molecule has 0 saturated heterocycles. The number of hydrogen-bond donors (Lipinski definition) is 0. The van der Waals surface area contributed by atoms with Crippen LogP contribution in [0.15, 0.2) is 42.5 Å². The van der Waals surface area contributed by atoms with Gasteiger partial charge in [-0.1, -0.05) is 30.3 Å². The van der Waals surface area contributed by atoms with Gasteiger partial charge in [0.05, 0.1) is 26.3 Å². The van der Waals surface area contributed by atoms with Gasteiger partial charge in [-0.25, -0.2) is 0 Å². The Kier molecular flexibility index (Phi) is 6.14. The molecule has 0 radical (unpaired) electrons. The fourth-order valence-electron chi connectivity index (χ4n) is 3.78. The van der Waals surface area contributed by atoms with Crippen LogP contribution in [0, 0.1) is 11.3 Å². The zero-order chi connectivity index (χ0) is 18.4. The number of rotatable bonds is 7. The summed E-state index contributed by atoms with van der Waals surface area (Å²) in [5, 5.41) is 8.78. The molecule has 4 nitrogen and oxygen atoms in total. The van der Waals surface area contributed by atoms with E-state index in [9.17, 15) is 0 Å². The molecule has 1 heterocycles. The summed E-state index contributed by atoms with van der Waals surface area (Å²) in [4.78, 5) is 2.53. The Morgan fingerprint density at radius 2 is 1.81 bits per heavy atom. The molecule has 1 aliphatic rings. The Hall–Kier alpha value is -2.51. The summed E-state index contributed by atoms with van der Waals surface area (Å²) >= 11 is 0. The van der Waals surface area contributed by atoms with Gasteiger partial charge in [0.1, 0.15) is 0 Å². The molecule has 2 aromatic carbocycles. The Labute approximate surface area is 156 Å². The highest BCUT2D eigenvalue weighted by atomic mass is 16.5. The number of methoxy groups -OCH3 is 2. The minimum atomic E-state index is 0.210. The van der Waals surface area contributed by atoms with Crippen molar-refractivity contribution in [3.8, 4) is 17.6 Å². The standard InChI is InChI=1S/C22H26N2O2/c1-25-20-15-18-11-14-24(13-8-4-7-12-23)22(17-9-5-3-6-10-17)19(18)16-21(20)26-2/h3,5-6,9-10,15-16,22H,4,7-8,11,13-14H2,1-2H3. The number of hydrogen-bond acceptors (Lipinski definition) is 4. The van der Waals surface area contributed by atoms with Crippen LogP contribution in [0.1, 0.15) is 42.0 Å². The van der Waals surface area contributed by atoms with Gasteiger partial charge < -0.3 is 9.47 Å². The van der Waals surface area contributed by atoms with Gasteiger partial charge in [-0.2, -0.15) is 5.26 Å². The van der Waals surface area contributed by atoms with Crippen LogP contribution in [0.5, 0.6) is 11.5 Å². The van der Waals surface area contributed by atoms with E-state index < -0.39 is 0 Å². The predicted molar refractivity (Wildman–Crippen MR) is 103 cm³/mol. The number of nitriles is 1. The summed E-state index contributed by atoms with van der Waals surface area (Å²) in [5.74, 6) is 1.57. The van der Waals surface area contributed by atoms with Crippen molar-refractivity contribution in [1.29, 1.82) is 5.26 Å². The van der Waals surface area contributed by atoms with Gasteiger partial charge in [0.2, 0.25) is 0 Å². The smallest absolute Gasteiger partial charge is 0.161 e. The maximum absolute atomic E-state index is 8.78. The summed E-state index contributed by atoms with van der Waals surface area (Å²) in [7, 11) is 3.37. The average Bonchev–Trinajstić information content (AvgIpc) is 2.70. The Morgan fingerprint density at radius 3 is 2.50 bits per heavy atom. The van der Waals surface area contributed by atoms with Crippen molar-refractivity contribution >= 4 is 0 Å². The maximum atomic E-state index is 8.78. The molecule has 0 saturated carbocycles.